The molecule has 0 aromatic carbocycles. The van der Waals surface area contributed by atoms with Gasteiger partial charge in [-0.05, 0) is 24.8 Å². The lowest BCUT2D eigenvalue weighted by molar-refractivity contribution is 0.392. The molecule has 0 saturated heterocycles. The lowest BCUT2D eigenvalue weighted by Crippen LogP contribution is -2.18. The Kier molecular flexibility index (Phi) is 2.80. The number of hydrogen-bond acceptors (Lipinski definition) is 4. The fraction of sp³-hybridized carbons (Fsp3) is 0.583. The Bertz CT molecular complexity index is 519. The van der Waals surface area contributed by atoms with Gasteiger partial charge in [0, 0.05) is 18.1 Å². The monoisotopic (exact) mass is 251 g/mol. The molecule has 0 aliphatic heterocycles. The lowest BCUT2D eigenvalue weighted by atomic mass is 10.3. The highest BCUT2D eigenvalue weighted by Crippen LogP contribution is 2.36. The maximum absolute atomic E-state index is 5.32. The third-order valence-electron chi connectivity index (χ3n) is 3.49. The number of rotatable bonds is 5. The summed E-state index contributed by atoms with van der Waals surface area (Å²) in [5.74, 6) is 2.51. The van der Waals surface area contributed by atoms with Gasteiger partial charge < -0.3 is 10.1 Å². The molecule has 3 rings (SSSR count). The predicted molar refractivity (Wildman–Crippen MR) is 68.6 cm³/mol. The van der Waals surface area contributed by atoms with Crippen LogP contribution in [0.3, 0.4) is 0 Å². The average Bonchev–Trinajstić information content (AvgIpc) is 2.77. The lowest BCUT2D eigenvalue weighted by Gasteiger charge is -2.05. The first-order valence-corrected chi connectivity index (χ1v) is 6.86. The number of aromatic nitrogens is 2. The molecule has 1 N–H and O–H groups in total. The molecule has 1 fully saturated rings. The summed E-state index contributed by atoms with van der Waals surface area (Å²) in [5, 5.41) is 5.55. The Morgan fingerprint density at radius 3 is 3.18 bits per heavy atom. The molecule has 1 saturated carbocycles. The largest absolute Gasteiger partial charge is 0.480 e. The molecular formula is C12H17N3OS. The molecule has 0 spiro atoms. The van der Waals surface area contributed by atoms with Crippen LogP contribution in [0.1, 0.15) is 19.0 Å². The van der Waals surface area contributed by atoms with Crippen molar-refractivity contribution in [1.29, 1.82) is 0 Å². The smallest absolute Gasteiger partial charge is 0.237 e. The van der Waals surface area contributed by atoms with Crippen molar-refractivity contribution in [3.63, 3.8) is 0 Å². The van der Waals surface area contributed by atoms with E-state index < -0.39 is 0 Å². The molecule has 2 unspecified atom stereocenters. The number of ether oxygens (including phenoxy) is 1. The molecular weight excluding hydrogens is 234 g/mol. The fourth-order valence-corrected chi connectivity index (χ4v) is 2.92. The van der Waals surface area contributed by atoms with Crippen LogP contribution < -0.4 is 10.1 Å². The van der Waals surface area contributed by atoms with Crippen LogP contribution in [0.15, 0.2) is 11.6 Å². The van der Waals surface area contributed by atoms with Gasteiger partial charge >= 0.3 is 0 Å². The second-order valence-corrected chi connectivity index (χ2v) is 5.60. The normalized spacial score (nSPS) is 23.2. The molecule has 1 aliphatic rings. The average molecular weight is 251 g/mol. The molecule has 0 radical (unpaired) electrons. The summed E-state index contributed by atoms with van der Waals surface area (Å²) >= 11 is 1.63. The van der Waals surface area contributed by atoms with Crippen LogP contribution in [0, 0.1) is 11.8 Å². The van der Waals surface area contributed by atoms with Crippen LogP contribution in [0.4, 0.5) is 0 Å². The van der Waals surface area contributed by atoms with Crippen molar-refractivity contribution in [2.24, 2.45) is 11.8 Å². The minimum absolute atomic E-state index is 0.744. The molecule has 2 atom stereocenters. The van der Waals surface area contributed by atoms with Crippen LogP contribution in [0.5, 0.6) is 5.88 Å². The van der Waals surface area contributed by atoms with E-state index in [1.54, 1.807) is 18.4 Å². The maximum Gasteiger partial charge on any atom is 0.237 e. The van der Waals surface area contributed by atoms with Crippen molar-refractivity contribution in [1.82, 2.24) is 14.7 Å². The van der Waals surface area contributed by atoms with Crippen LogP contribution in [0.2, 0.25) is 0 Å². The molecule has 2 aromatic rings. The summed E-state index contributed by atoms with van der Waals surface area (Å²) in [6.45, 7) is 4.23. The minimum atomic E-state index is 0.744. The topological polar surface area (TPSA) is 38.6 Å². The zero-order chi connectivity index (χ0) is 11.8. The number of hydrogen-bond donors (Lipinski definition) is 1. The molecule has 4 nitrogen and oxygen atoms in total. The summed E-state index contributed by atoms with van der Waals surface area (Å²) in [6.07, 6.45) is 3.41. The summed E-state index contributed by atoms with van der Waals surface area (Å²) in [4.78, 5) is 5.44. The van der Waals surface area contributed by atoms with E-state index in [-0.39, 0.29) is 0 Å². The van der Waals surface area contributed by atoms with E-state index in [0.717, 1.165) is 41.5 Å². The van der Waals surface area contributed by atoms with Gasteiger partial charge in [0.25, 0.3) is 0 Å². The van der Waals surface area contributed by atoms with E-state index in [1.165, 1.54) is 6.42 Å². The van der Waals surface area contributed by atoms with Crippen molar-refractivity contribution in [2.75, 3.05) is 13.7 Å². The van der Waals surface area contributed by atoms with Crippen LogP contribution in [-0.2, 0) is 6.54 Å². The molecule has 2 aromatic heterocycles. The van der Waals surface area contributed by atoms with Crippen molar-refractivity contribution in [2.45, 2.75) is 19.9 Å². The first-order valence-electron chi connectivity index (χ1n) is 5.98. The van der Waals surface area contributed by atoms with Crippen molar-refractivity contribution >= 4 is 16.3 Å². The van der Waals surface area contributed by atoms with Crippen molar-refractivity contribution in [3.8, 4) is 5.88 Å². The van der Waals surface area contributed by atoms with E-state index >= 15 is 0 Å². The Labute approximate surface area is 105 Å². The predicted octanol–water partition coefficient (Wildman–Crippen LogP) is 2.15. The second kappa shape index (κ2) is 4.31. The maximum atomic E-state index is 5.32. The molecule has 17 heavy (non-hydrogen) atoms. The van der Waals surface area contributed by atoms with Gasteiger partial charge in [-0.15, -0.1) is 11.3 Å². The van der Waals surface area contributed by atoms with Gasteiger partial charge in [0.05, 0.1) is 7.11 Å². The summed E-state index contributed by atoms with van der Waals surface area (Å²) in [7, 11) is 1.68. The Balaban J connectivity index is 1.71. The van der Waals surface area contributed by atoms with Gasteiger partial charge in [0.15, 0.2) is 4.96 Å². The van der Waals surface area contributed by atoms with E-state index in [4.69, 9.17) is 4.74 Å². The quantitative estimate of drug-likeness (QED) is 0.885. The van der Waals surface area contributed by atoms with Gasteiger partial charge in [0.2, 0.25) is 5.88 Å². The third kappa shape index (κ3) is 2.05. The first kappa shape index (κ1) is 11.0. The van der Waals surface area contributed by atoms with E-state index in [1.807, 2.05) is 11.6 Å². The number of fused-ring (bicyclic) bond motifs is 1. The highest BCUT2D eigenvalue weighted by molar-refractivity contribution is 7.15. The third-order valence-corrected chi connectivity index (χ3v) is 4.25. The van der Waals surface area contributed by atoms with E-state index in [0.29, 0.717) is 0 Å². The van der Waals surface area contributed by atoms with Crippen molar-refractivity contribution < 1.29 is 4.74 Å². The molecule has 1 aliphatic carbocycles. The number of nitrogens with zero attached hydrogens (tertiary/aromatic N) is 2. The number of imidazole rings is 1. The summed E-state index contributed by atoms with van der Waals surface area (Å²) in [5.41, 5.74) is 1.12. The zero-order valence-electron chi connectivity index (χ0n) is 10.1. The SMILES string of the molecule is COc1nc2sccn2c1CNCC1CC1C. The van der Waals surface area contributed by atoms with Gasteiger partial charge in [-0.2, -0.15) is 4.98 Å². The standard InChI is InChI=1S/C12H17N3OS/c1-8-5-9(8)6-13-7-10-11(16-2)14-12-15(10)3-4-17-12/h3-4,8-9,13H,5-7H2,1-2H3. The molecule has 0 amide bonds. The van der Waals surface area contributed by atoms with Crippen LogP contribution in [0.25, 0.3) is 4.96 Å². The van der Waals surface area contributed by atoms with Crippen LogP contribution >= 0.6 is 11.3 Å². The zero-order valence-corrected chi connectivity index (χ0v) is 11.0. The van der Waals surface area contributed by atoms with Gasteiger partial charge in [0.1, 0.15) is 5.69 Å². The number of thiazole rings is 1. The fourth-order valence-electron chi connectivity index (χ4n) is 2.20. The molecule has 92 valence electrons. The number of nitrogens with one attached hydrogen (secondary N) is 1. The Hall–Kier alpha value is -1.07. The van der Waals surface area contributed by atoms with E-state index in [2.05, 4.69) is 21.6 Å². The van der Waals surface area contributed by atoms with Gasteiger partial charge in [-0.1, -0.05) is 6.92 Å². The number of methoxy groups -OCH3 is 1. The van der Waals surface area contributed by atoms with E-state index in [9.17, 15) is 0 Å². The van der Waals surface area contributed by atoms with Crippen LogP contribution in [-0.4, -0.2) is 23.0 Å². The summed E-state index contributed by atoms with van der Waals surface area (Å²) < 4.78 is 7.42. The van der Waals surface area contributed by atoms with Gasteiger partial charge in [-0.3, -0.25) is 4.40 Å². The second-order valence-electron chi connectivity index (χ2n) is 4.73. The highest BCUT2D eigenvalue weighted by atomic mass is 32.1. The Morgan fingerprint density at radius 1 is 1.65 bits per heavy atom. The first-order chi connectivity index (χ1) is 8.29. The highest BCUT2D eigenvalue weighted by Gasteiger charge is 2.31. The van der Waals surface area contributed by atoms with Gasteiger partial charge in [-0.25, -0.2) is 0 Å². The minimum Gasteiger partial charge on any atom is -0.480 e. The molecule has 0 bridgehead atoms. The van der Waals surface area contributed by atoms with Crippen molar-refractivity contribution in [3.05, 3.63) is 17.3 Å². The Morgan fingerprint density at radius 2 is 2.47 bits per heavy atom. The summed E-state index contributed by atoms with van der Waals surface area (Å²) in [6, 6.07) is 0. The molecule has 5 heteroatoms. The molecule has 2 heterocycles.